The van der Waals surface area contributed by atoms with Crippen LogP contribution in [0, 0.1) is 0 Å². The van der Waals surface area contributed by atoms with Crippen LogP contribution in [-0.4, -0.2) is 51.5 Å². The van der Waals surface area contributed by atoms with Gasteiger partial charge in [0.05, 0.1) is 31.9 Å². The molecule has 0 radical (unpaired) electrons. The minimum absolute atomic E-state index is 0.0570. The molecule has 1 fully saturated rings. The number of imide groups is 2. The van der Waals surface area contributed by atoms with E-state index in [2.05, 4.69) is 5.32 Å². The molecule has 1 aliphatic rings. The summed E-state index contributed by atoms with van der Waals surface area (Å²) >= 11 is 12.3. The smallest absolute Gasteiger partial charge is 0.339 e. The molecule has 44 heavy (non-hydrogen) atoms. The molecule has 0 aromatic heterocycles. The second-order valence-corrected chi connectivity index (χ2v) is 11.7. The van der Waals surface area contributed by atoms with Gasteiger partial charge in [-0.1, -0.05) is 36.2 Å². The van der Waals surface area contributed by atoms with Gasteiger partial charge in [0.15, 0.2) is 17.2 Å². The lowest BCUT2D eigenvalue weighted by Crippen LogP contribution is -2.53. The number of hydrogen-bond acceptors (Lipinski definition) is 9. The number of benzene rings is 3. The van der Waals surface area contributed by atoms with Gasteiger partial charge in [0.25, 0.3) is 11.8 Å². The molecule has 14 heteroatoms. The van der Waals surface area contributed by atoms with Crippen LogP contribution >= 0.6 is 23.2 Å². The van der Waals surface area contributed by atoms with Crippen LogP contribution in [0.5, 0.6) is 23.0 Å². The number of carbonyl (C=O) groups excluding carboxylic acids is 3. The van der Waals surface area contributed by atoms with E-state index < -0.39 is 28.0 Å². The lowest BCUT2D eigenvalue weighted by Gasteiger charge is -2.26. The van der Waals surface area contributed by atoms with Gasteiger partial charge in [-0.05, 0) is 79.1 Å². The van der Waals surface area contributed by atoms with E-state index in [-0.39, 0.29) is 45.7 Å². The van der Waals surface area contributed by atoms with Gasteiger partial charge in [0.1, 0.15) is 10.5 Å². The Labute approximate surface area is 264 Å². The number of barbiturate groups is 1. The molecule has 4 amide bonds. The van der Waals surface area contributed by atoms with E-state index in [4.69, 9.17) is 41.6 Å². The third kappa shape index (κ3) is 7.44. The Kier molecular flexibility index (Phi) is 10.4. The van der Waals surface area contributed by atoms with E-state index in [9.17, 15) is 22.8 Å². The van der Waals surface area contributed by atoms with Crippen molar-refractivity contribution in [2.24, 2.45) is 0 Å². The molecule has 0 bridgehead atoms. The van der Waals surface area contributed by atoms with Gasteiger partial charge in [-0.2, -0.15) is 8.42 Å². The normalized spacial score (nSPS) is 14.4. The van der Waals surface area contributed by atoms with E-state index in [1.54, 1.807) is 25.1 Å². The Balaban J connectivity index is 1.64. The van der Waals surface area contributed by atoms with E-state index >= 15 is 0 Å². The van der Waals surface area contributed by atoms with Crippen molar-refractivity contribution >= 4 is 57.2 Å². The number of nitrogens with zero attached hydrogens (tertiary/aromatic N) is 1. The van der Waals surface area contributed by atoms with E-state index in [0.29, 0.717) is 28.7 Å². The topological polar surface area (TPSA) is 138 Å². The standard InChI is InChI=1S/C30H28Cl2N2O9S/c1-4-12-42-24-11-6-18(15-25(24)40-3)17-34-29(36)22(28(35)33-30(34)37)13-19-14-23(32)27(26(16-19)41-5-2)43-44(38,39)21-9-7-20(31)8-10-21/h6-11,13-16H,4-5,12,17H2,1-3H3,(H,33,35,37)/b22-13+. The Morgan fingerprint density at radius 2 is 1.64 bits per heavy atom. The first-order chi connectivity index (χ1) is 21.0. The molecule has 1 saturated heterocycles. The maximum absolute atomic E-state index is 13.4. The van der Waals surface area contributed by atoms with Crippen LogP contribution in [0.1, 0.15) is 31.4 Å². The number of rotatable bonds is 12. The predicted octanol–water partition coefficient (Wildman–Crippen LogP) is 5.62. The zero-order chi connectivity index (χ0) is 32.0. The first kappa shape index (κ1) is 32.6. The molecule has 232 valence electrons. The minimum atomic E-state index is -4.32. The van der Waals surface area contributed by atoms with Crippen molar-refractivity contribution in [1.29, 1.82) is 0 Å². The summed E-state index contributed by atoms with van der Waals surface area (Å²) in [5, 5.41) is 2.33. The number of amides is 4. The van der Waals surface area contributed by atoms with Crippen LogP contribution < -0.4 is 23.7 Å². The maximum atomic E-state index is 13.4. The Morgan fingerprint density at radius 3 is 2.30 bits per heavy atom. The van der Waals surface area contributed by atoms with Crippen molar-refractivity contribution in [1.82, 2.24) is 10.2 Å². The quantitative estimate of drug-likeness (QED) is 0.149. The fraction of sp³-hybridized carbons (Fsp3) is 0.233. The fourth-order valence-corrected chi connectivity index (χ4v) is 5.49. The lowest BCUT2D eigenvalue weighted by molar-refractivity contribution is -0.130. The fourth-order valence-electron chi connectivity index (χ4n) is 4.10. The Hall–Kier alpha value is -4.26. The summed E-state index contributed by atoms with van der Waals surface area (Å²) in [5.74, 6) is -1.19. The number of nitrogens with one attached hydrogen (secondary N) is 1. The van der Waals surface area contributed by atoms with Crippen molar-refractivity contribution < 1.29 is 41.2 Å². The molecular weight excluding hydrogens is 635 g/mol. The van der Waals surface area contributed by atoms with Gasteiger partial charge in [0.2, 0.25) is 5.75 Å². The summed E-state index contributed by atoms with van der Waals surface area (Å²) in [6, 6.07) is 12.1. The van der Waals surface area contributed by atoms with Crippen molar-refractivity contribution in [3.05, 3.63) is 81.3 Å². The molecule has 3 aromatic rings. The average molecular weight is 664 g/mol. The first-order valence-corrected chi connectivity index (χ1v) is 15.5. The van der Waals surface area contributed by atoms with E-state index in [0.717, 1.165) is 11.3 Å². The summed E-state index contributed by atoms with van der Waals surface area (Å²) < 4.78 is 47.7. The monoisotopic (exact) mass is 662 g/mol. The first-order valence-electron chi connectivity index (χ1n) is 13.3. The van der Waals surface area contributed by atoms with Crippen molar-refractivity contribution in [3.8, 4) is 23.0 Å². The number of halogens is 2. The van der Waals surface area contributed by atoms with E-state index in [1.165, 1.54) is 49.6 Å². The summed E-state index contributed by atoms with van der Waals surface area (Å²) in [6.07, 6.45) is 2.01. The molecule has 0 atom stereocenters. The summed E-state index contributed by atoms with van der Waals surface area (Å²) in [4.78, 5) is 39.5. The lowest BCUT2D eigenvalue weighted by atomic mass is 10.1. The van der Waals surface area contributed by atoms with Gasteiger partial charge in [0, 0.05) is 5.02 Å². The highest BCUT2D eigenvalue weighted by atomic mass is 35.5. The van der Waals surface area contributed by atoms with Gasteiger partial charge in [-0.3, -0.25) is 19.8 Å². The van der Waals surface area contributed by atoms with Crippen LogP contribution in [0.3, 0.4) is 0 Å². The third-order valence-electron chi connectivity index (χ3n) is 6.15. The number of urea groups is 1. The number of methoxy groups -OCH3 is 1. The van der Waals surface area contributed by atoms with Gasteiger partial charge < -0.3 is 18.4 Å². The highest BCUT2D eigenvalue weighted by Crippen LogP contribution is 2.39. The molecule has 11 nitrogen and oxygen atoms in total. The SMILES string of the molecule is CCCOc1ccc(CN2C(=O)NC(=O)/C(=C\c3cc(Cl)c(OS(=O)(=O)c4ccc(Cl)cc4)c(OCC)c3)C2=O)cc1OC. The van der Waals surface area contributed by atoms with Crippen LogP contribution in [0.2, 0.25) is 10.0 Å². The molecule has 1 N–H and O–H groups in total. The van der Waals surface area contributed by atoms with Crippen LogP contribution in [0.25, 0.3) is 6.08 Å². The highest BCUT2D eigenvalue weighted by Gasteiger charge is 2.36. The summed E-state index contributed by atoms with van der Waals surface area (Å²) in [5.41, 5.74) is 0.398. The van der Waals surface area contributed by atoms with Gasteiger partial charge >= 0.3 is 16.1 Å². The third-order valence-corrected chi connectivity index (χ3v) is 7.92. The largest absolute Gasteiger partial charge is 0.493 e. The maximum Gasteiger partial charge on any atom is 0.339 e. The summed E-state index contributed by atoms with van der Waals surface area (Å²) in [7, 11) is -2.85. The van der Waals surface area contributed by atoms with Gasteiger partial charge in [-0.15, -0.1) is 0 Å². The van der Waals surface area contributed by atoms with Crippen molar-refractivity contribution in [2.75, 3.05) is 20.3 Å². The molecule has 0 unspecified atom stereocenters. The zero-order valence-corrected chi connectivity index (χ0v) is 26.2. The molecule has 1 aliphatic heterocycles. The number of ether oxygens (including phenoxy) is 3. The molecule has 0 aliphatic carbocycles. The van der Waals surface area contributed by atoms with Crippen LogP contribution in [0.4, 0.5) is 4.79 Å². The Bertz CT molecular complexity index is 1720. The predicted molar refractivity (Wildman–Crippen MR) is 163 cm³/mol. The minimum Gasteiger partial charge on any atom is -0.493 e. The second kappa shape index (κ2) is 14.0. The Morgan fingerprint density at radius 1 is 0.909 bits per heavy atom. The van der Waals surface area contributed by atoms with Crippen molar-refractivity contribution in [3.63, 3.8) is 0 Å². The average Bonchev–Trinajstić information content (AvgIpc) is 2.98. The molecule has 1 heterocycles. The van der Waals surface area contributed by atoms with Crippen molar-refractivity contribution in [2.45, 2.75) is 31.7 Å². The molecule has 0 saturated carbocycles. The van der Waals surface area contributed by atoms with Crippen LogP contribution in [0.15, 0.2) is 65.1 Å². The molecule has 4 rings (SSSR count). The van der Waals surface area contributed by atoms with E-state index in [1.807, 2.05) is 6.92 Å². The highest BCUT2D eigenvalue weighted by molar-refractivity contribution is 7.87. The molecule has 3 aromatic carbocycles. The second-order valence-electron chi connectivity index (χ2n) is 9.30. The number of carbonyl (C=O) groups is 3. The van der Waals surface area contributed by atoms with Gasteiger partial charge in [-0.25, -0.2) is 4.79 Å². The summed E-state index contributed by atoms with van der Waals surface area (Å²) in [6.45, 7) is 4.06. The molecule has 0 spiro atoms. The van der Waals surface area contributed by atoms with Crippen LogP contribution in [-0.2, 0) is 26.3 Å². The molecular formula is C30H28Cl2N2O9S. The number of hydrogen-bond donors (Lipinski definition) is 1. The zero-order valence-electron chi connectivity index (χ0n) is 23.9.